The van der Waals surface area contributed by atoms with Gasteiger partial charge in [-0.05, 0) is 66.7 Å². The molecule has 8 aromatic carbocycles. The van der Waals surface area contributed by atoms with E-state index in [0.717, 1.165) is 88.8 Å². The molecule has 0 atom stereocenters. The lowest BCUT2D eigenvalue weighted by molar-refractivity contribution is 0.669. The van der Waals surface area contributed by atoms with Crippen molar-refractivity contribution in [3.8, 4) is 0 Å². The second kappa shape index (κ2) is 11.8. The van der Waals surface area contributed by atoms with Gasteiger partial charge in [0.2, 0.25) is 0 Å². The third kappa shape index (κ3) is 4.84. The number of nitrogens with zero attached hydrogens (tertiary/aromatic N) is 2. The van der Waals surface area contributed by atoms with Gasteiger partial charge in [0.15, 0.2) is 0 Å². The predicted molar refractivity (Wildman–Crippen MR) is 213 cm³/mol. The van der Waals surface area contributed by atoms with Crippen LogP contribution in [-0.2, 0) is 0 Å². The smallest absolute Gasteiger partial charge is 0.143 e. The van der Waals surface area contributed by atoms with Gasteiger partial charge in [-0.2, -0.15) is 0 Å². The Kier molecular flexibility index (Phi) is 6.83. The third-order valence-corrected chi connectivity index (χ3v) is 9.86. The van der Waals surface area contributed by atoms with Crippen LogP contribution in [0.25, 0.3) is 54.6 Å². The summed E-state index contributed by atoms with van der Waals surface area (Å²) < 4.78 is 13.2. The van der Waals surface area contributed by atoms with E-state index in [-0.39, 0.29) is 0 Å². The van der Waals surface area contributed by atoms with Crippen LogP contribution in [0.2, 0.25) is 5.02 Å². The van der Waals surface area contributed by atoms with Crippen LogP contribution in [-0.4, -0.2) is 0 Å². The molecule has 0 fully saturated rings. The highest BCUT2D eigenvalue weighted by molar-refractivity contribution is 6.33. The van der Waals surface area contributed by atoms with Gasteiger partial charge < -0.3 is 18.6 Å². The molecule has 5 heteroatoms. The van der Waals surface area contributed by atoms with Crippen molar-refractivity contribution in [2.24, 2.45) is 0 Å². The number of halogens is 1. The number of benzene rings is 8. The SMILES string of the molecule is Clc1cc(N(c2ccccc2)c2ccccc2)c2c(c1)oc1c3ccccc3c(N(c3ccccc3)c3ccc4c(c3)oc3ccccc34)cc12. The number of fused-ring (bicyclic) bond motifs is 8. The summed E-state index contributed by atoms with van der Waals surface area (Å²) in [6.45, 7) is 0. The van der Waals surface area contributed by atoms with Crippen molar-refractivity contribution >= 4 is 100 Å². The zero-order valence-electron chi connectivity index (χ0n) is 27.3. The predicted octanol–water partition coefficient (Wildman–Crippen LogP) is 14.2. The van der Waals surface area contributed by atoms with Crippen molar-refractivity contribution in [3.05, 3.63) is 181 Å². The summed E-state index contributed by atoms with van der Waals surface area (Å²) in [5, 5.41) is 6.85. The highest BCUT2D eigenvalue weighted by atomic mass is 35.5. The maximum absolute atomic E-state index is 6.90. The molecule has 10 rings (SSSR count). The summed E-state index contributed by atoms with van der Waals surface area (Å²) in [5.74, 6) is 0. The quantitative estimate of drug-likeness (QED) is 0.175. The average molecular weight is 677 g/mol. The number of para-hydroxylation sites is 4. The summed E-state index contributed by atoms with van der Waals surface area (Å²) in [7, 11) is 0. The number of hydrogen-bond acceptors (Lipinski definition) is 4. The fourth-order valence-corrected chi connectivity index (χ4v) is 7.66. The fraction of sp³-hybridized carbons (Fsp3) is 0. The Hall–Kier alpha value is -6.49. The first-order valence-corrected chi connectivity index (χ1v) is 17.3. The molecule has 0 unspecified atom stereocenters. The highest BCUT2D eigenvalue weighted by Gasteiger charge is 2.25. The van der Waals surface area contributed by atoms with Crippen molar-refractivity contribution < 1.29 is 8.83 Å². The van der Waals surface area contributed by atoms with E-state index < -0.39 is 0 Å². The number of rotatable bonds is 6. The molecule has 4 nitrogen and oxygen atoms in total. The Balaban J connectivity index is 1.29. The Morgan fingerprint density at radius 2 is 0.902 bits per heavy atom. The zero-order valence-corrected chi connectivity index (χ0v) is 28.1. The summed E-state index contributed by atoms with van der Waals surface area (Å²) in [6, 6.07) is 60.7. The highest BCUT2D eigenvalue weighted by Crippen LogP contribution is 2.49. The van der Waals surface area contributed by atoms with E-state index in [2.05, 4.69) is 143 Å². The lowest BCUT2D eigenvalue weighted by Gasteiger charge is -2.27. The first-order valence-electron chi connectivity index (χ1n) is 17.0. The van der Waals surface area contributed by atoms with Gasteiger partial charge in [-0.25, -0.2) is 0 Å². The normalized spacial score (nSPS) is 11.6. The molecule has 0 spiro atoms. The standard InChI is InChI=1S/C46H29ClN2O2/c47-30-26-41(48(31-14-4-1-5-15-31)32-16-6-2-7-17-32)45-39-29-40(35-20-10-11-22-38(35)46(39)51-44(45)27-30)49(33-18-8-3-9-19-33)34-24-25-37-36-21-12-13-23-42(36)50-43(37)28-34/h1-29H. The van der Waals surface area contributed by atoms with Crippen molar-refractivity contribution in [1.82, 2.24) is 0 Å². The van der Waals surface area contributed by atoms with E-state index in [4.69, 9.17) is 20.4 Å². The van der Waals surface area contributed by atoms with Crippen LogP contribution < -0.4 is 9.80 Å². The minimum Gasteiger partial charge on any atom is -0.456 e. The maximum atomic E-state index is 6.90. The van der Waals surface area contributed by atoms with E-state index in [1.807, 2.05) is 42.5 Å². The fourth-order valence-electron chi connectivity index (χ4n) is 7.46. The van der Waals surface area contributed by atoms with Crippen LogP contribution in [0.4, 0.5) is 34.1 Å². The Morgan fingerprint density at radius 1 is 0.353 bits per heavy atom. The van der Waals surface area contributed by atoms with Gasteiger partial charge in [0.25, 0.3) is 0 Å². The van der Waals surface area contributed by atoms with E-state index in [1.54, 1.807) is 0 Å². The average Bonchev–Trinajstić information content (AvgIpc) is 3.74. The Labute approximate surface area is 298 Å². The largest absolute Gasteiger partial charge is 0.456 e. The minimum absolute atomic E-state index is 0.600. The van der Waals surface area contributed by atoms with Gasteiger partial charge in [0.05, 0.1) is 16.8 Å². The van der Waals surface area contributed by atoms with Crippen molar-refractivity contribution in [2.75, 3.05) is 9.80 Å². The van der Waals surface area contributed by atoms with Gasteiger partial charge in [-0.15, -0.1) is 0 Å². The number of hydrogen-bond donors (Lipinski definition) is 0. The maximum Gasteiger partial charge on any atom is 0.143 e. The lowest BCUT2D eigenvalue weighted by atomic mass is 10.0. The van der Waals surface area contributed by atoms with Gasteiger partial charge in [-0.1, -0.05) is 109 Å². The van der Waals surface area contributed by atoms with E-state index in [0.29, 0.717) is 5.02 Å². The summed E-state index contributed by atoms with van der Waals surface area (Å²) in [6.07, 6.45) is 0. The molecule has 10 aromatic rings. The second-order valence-corrected chi connectivity index (χ2v) is 13.1. The monoisotopic (exact) mass is 676 g/mol. The molecule has 0 radical (unpaired) electrons. The molecular formula is C46H29ClN2O2. The van der Waals surface area contributed by atoms with Crippen LogP contribution in [0.5, 0.6) is 0 Å². The molecular weight excluding hydrogens is 648 g/mol. The molecule has 0 saturated heterocycles. The first-order chi connectivity index (χ1) is 25.2. The van der Waals surface area contributed by atoms with Crippen LogP contribution >= 0.6 is 11.6 Å². The zero-order chi connectivity index (χ0) is 33.9. The van der Waals surface area contributed by atoms with Gasteiger partial charge in [-0.3, -0.25) is 0 Å². The Morgan fingerprint density at radius 3 is 1.57 bits per heavy atom. The van der Waals surface area contributed by atoms with E-state index in [1.165, 1.54) is 0 Å². The van der Waals surface area contributed by atoms with Crippen molar-refractivity contribution in [3.63, 3.8) is 0 Å². The molecule has 0 aliphatic carbocycles. The van der Waals surface area contributed by atoms with Crippen molar-refractivity contribution in [2.45, 2.75) is 0 Å². The van der Waals surface area contributed by atoms with Gasteiger partial charge >= 0.3 is 0 Å². The van der Waals surface area contributed by atoms with E-state index in [9.17, 15) is 0 Å². The summed E-state index contributed by atoms with van der Waals surface area (Å²) in [5.41, 5.74) is 9.27. The molecule has 0 bridgehead atoms. The number of furan rings is 2. The molecule has 0 saturated carbocycles. The van der Waals surface area contributed by atoms with Crippen LogP contribution in [0.1, 0.15) is 0 Å². The lowest BCUT2D eigenvalue weighted by Crippen LogP contribution is -2.11. The molecule has 2 heterocycles. The Bertz CT molecular complexity index is 2840. The molecule has 0 amide bonds. The molecule has 0 N–H and O–H groups in total. The summed E-state index contributed by atoms with van der Waals surface area (Å²) in [4.78, 5) is 4.57. The summed E-state index contributed by atoms with van der Waals surface area (Å²) >= 11 is 6.90. The topological polar surface area (TPSA) is 32.8 Å². The second-order valence-electron chi connectivity index (χ2n) is 12.7. The third-order valence-electron chi connectivity index (χ3n) is 9.65. The van der Waals surface area contributed by atoms with Crippen LogP contribution in [0.15, 0.2) is 185 Å². The molecule has 51 heavy (non-hydrogen) atoms. The molecule has 0 aliphatic heterocycles. The van der Waals surface area contributed by atoms with Crippen LogP contribution in [0, 0.1) is 0 Å². The van der Waals surface area contributed by atoms with Crippen molar-refractivity contribution in [1.29, 1.82) is 0 Å². The molecule has 242 valence electrons. The molecule has 0 aliphatic rings. The van der Waals surface area contributed by atoms with E-state index >= 15 is 0 Å². The van der Waals surface area contributed by atoms with Gasteiger partial charge in [0.1, 0.15) is 22.3 Å². The van der Waals surface area contributed by atoms with Crippen LogP contribution in [0.3, 0.4) is 0 Å². The minimum atomic E-state index is 0.600. The first kappa shape index (κ1) is 29.4. The van der Waals surface area contributed by atoms with Gasteiger partial charge in [0, 0.05) is 66.8 Å². The molecule has 2 aromatic heterocycles. The number of anilines is 6.